The predicted octanol–water partition coefficient (Wildman–Crippen LogP) is 3.09. The van der Waals surface area contributed by atoms with E-state index in [1.165, 1.54) is 11.3 Å². The van der Waals surface area contributed by atoms with Crippen molar-refractivity contribution in [3.63, 3.8) is 0 Å². The van der Waals surface area contributed by atoms with Gasteiger partial charge in [-0.25, -0.2) is 4.79 Å². The van der Waals surface area contributed by atoms with Crippen molar-refractivity contribution in [1.82, 2.24) is 15.1 Å². The number of nitrogens with zero attached hydrogens (tertiary/aromatic N) is 3. The summed E-state index contributed by atoms with van der Waals surface area (Å²) in [6, 6.07) is 18.5. The fourth-order valence-corrected chi connectivity index (χ4v) is 4.84. The molecule has 2 unspecified atom stereocenters. The van der Waals surface area contributed by atoms with Gasteiger partial charge in [-0.1, -0.05) is 48.5 Å². The van der Waals surface area contributed by atoms with Crippen LogP contribution < -0.4 is 10.2 Å². The number of nitrogens with one attached hydrogen (secondary N) is 1. The summed E-state index contributed by atoms with van der Waals surface area (Å²) >= 11 is 0. The molecule has 2 fully saturated rings. The summed E-state index contributed by atoms with van der Waals surface area (Å²) < 4.78 is 0. The maximum atomic E-state index is 13.6. The molecule has 2 aromatic carbocycles. The van der Waals surface area contributed by atoms with E-state index in [4.69, 9.17) is 0 Å². The van der Waals surface area contributed by atoms with Crippen LogP contribution in [0.1, 0.15) is 24.0 Å². The minimum atomic E-state index is -0.199. The van der Waals surface area contributed by atoms with Crippen molar-refractivity contribution in [3.05, 3.63) is 65.7 Å². The molecule has 2 aliphatic heterocycles. The number of para-hydroxylation sites is 1. The molecule has 31 heavy (non-hydrogen) atoms. The van der Waals surface area contributed by atoms with E-state index in [0.717, 1.165) is 18.7 Å². The highest BCUT2D eigenvalue weighted by molar-refractivity contribution is 5.83. The minimum absolute atomic E-state index is 0.0331. The zero-order valence-corrected chi connectivity index (χ0v) is 18.5. The van der Waals surface area contributed by atoms with Gasteiger partial charge in [0.1, 0.15) is 0 Å². The third-order valence-corrected chi connectivity index (χ3v) is 6.53. The van der Waals surface area contributed by atoms with Gasteiger partial charge in [0.2, 0.25) is 5.91 Å². The van der Waals surface area contributed by atoms with Gasteiger partial charge in [0.05, 0.1) is 5.92 Å². The number of carbonyl (C=O) groups excluding carboxylic acids is 2. The zero-order chi connectivity index (χ0) is 21.8. The fraction of sp³-hybridized carbons (Fsp3) is 0.440. The van der Waals surface area contributed by atoms with Crippen LogP contribution in [-0.2, 0) is 4.79 Å². The minimum Gasteiger partial charge on any atom is -0.368 e. The number of amides is 3. The van der Waals surface area contributed by atoms with Crippen LogP contribution in [0.25, 0.3) is 0 Å². The Labute approximate surface area is 184 Å². The Kier molecular flexibility index (Phi) is 6.44. The van der Waals surface area contributed by atoms with Crippen LogP contribution in [0.2, 0.25) is 0 Å². The SMILES string of the molecule is CCNC(=O)N1CC(C(=O)N2CCN(c3ccccc3C)CC2)C(c2ccccc2)C1. The maximum Gasteiger partial charge on any atom is 0.317 e. The number of aryl methyl sites for hydroxylation is 1. The third-order valence-electron chi connectivity index (χ3n) is 6.53. The molecule has 6 nitrogen and oxygen atoms in total. The van der Waals surface area contributed by atoms with Crippen LogP contribution in [0.3, 0.4) is 0 Å². The number of benzene rings is 2. The molecule has 2 aliphatic rings. The van der Waals surface area contributed by atoms with Crippen LogP contribution in [-0.4, -0.2) is 67.6 Å². The molecule has 2 aromatic rings. The van der Waals surface area contributed by atoms with Crippen molar-refractivity contribution in [2.75, 3.05) is 50.7 Å². The van der Waals surface area contributed by atoms with Crippen molar-refractivity contribution in [2.24, 2.45) is 5.92 Å². The van der Waals surface area contributed by atoms with Crippen LogP contribution in [0.4, 0.5) is 10.5 Å². The molecule has 3 amide bonds. The van der Waals surface area contributed by atoms with Crippen LogP contribution in [0, 0.1) is 12.8 Å². The molecule has 0 aliphatic carbocycles. The Hall–Kier alpha value is -3.02. The van der Waals surface area contributed by atoms with E-state index >= 15 is 0 Å². The second-order valence-electron chi connectivity index (χ2n) is 8.46. The van der Waals surface area contributed by atoms with Crippen molar-refractivity contribution in [1.29, 1.82) is 0 Å². The van der Waals surface area contributed by atoms with Crippen molar-refractivity contribution in [2.45, 2.75) is 19.8 Å². The molecular weight excluding hydrogens is 388 g/mol. The molecule has 1 N–H and O–H groups in total. The molecule has 0 radical (unpaired) electrons. The standard InChI is InChI=1S/C25H32N4O2/c1-3-26-25(31)29-17-21(20-10-5-4-6-11-20)22(18-29)24(30)28-15-13-27(14-16-28)23-12-8-7-9-19(23)2/h4-12,21-22H,3,13-18H2,1-2H3,(H,26,31). The summed E-state index contributed by atoms with van der Waals surface area (Å²) in [6.45, 7) is 8.78. The molecule has 2 heterocycles. The Morgan fingerprint density at radius 1 is 0.903 bits per heavy atom. The van der Waals surface area contributed by atoms with Crippen LogP contribution >= 0.6 is 0 Å². The van der Waals surface area contributed by atoms with E-state index < -0.39 is 0 Å². The van der Waals surface area contributed by atoms with Gasteiger partial charge in [-0.05, 0) is 31.0 Å². The van der Waals surface area contributed by atoms with Crippen LogP contribution in [0.15, 0.2) is 54.6 Å². The molecular formula is C25H32N4O2. The normalized spacial score (nSPS) is 21.3. The molecule has 0 saturated carbocycles. The Bertz CT molecular complexity index is 909. The van der Waals surface area contributed by atoms with E-state index in [2.05, 4.69) is 53.5 Å². The predicted molar refractivity (Wildman–Crippen MR) is 123 cm³/mol. The molecule has 2 atom stereocenters. The van der Waals surface area contributed by atoms with Gasteiger partial charge in [0.25, 0.3) is 0 Å². The Balaban J connectivity index is 1.47. The van der Waals surface area contributed by atoms with E-state index in [1.807, 2.05) is 30.0 Å². The van der Waals surface area contributed by atoms with Gasteiger partial charge in [-0.2, -0.15) is 0 Å². The van der Waals surface area contributed by atoms with Gasteiger partial charge in [-0.15, -0.1) is 0 Å². The quantitative estimate of drug-likeness (QED) is 0.827. The first kappa shape index (κ1) is 21.2. The first-order valence-electron chi connectivity index (χ1n) is 11.3. The lowest BCUT2D eigenvalue weighted by Crippen LogP contribution is -2.51. The number of urea groups is 1. The first-order valence-corrected chi connectivity index (χ1v) is 11.3. The number of piperazine rings is 1. The number of hydrogen-bond donors (Lipinski definition) is 1. The average Bonchev–Trinajstić information content (AvgIpc) is 3.26. The average molecular weight is 421 g/mol. The number of carbonyl (C=O) groups is 2. The summed E-state index contributed by atoms with van der Waals surface area (Å²) in [5, 5.41) is 2.88. The molecule has 0 spiro atoms. The fourth-order valence-electron chi connectivity index (χ4n) is 4.84. The second kappa shape index (κ2) is 9.41. The van der Waals surface area contributed by atoms with E-state index in [0.29, 0.717) is 32.7 Å². The van der Waals surface area contributed by atoms with Crippen molar-refractivity contribution >= 4 is 17.6 Å². The number of hydrogen-bond acceptors (Lipinski definition) is 3. The lowest BCUT2D eigenvalue weighted by atomic mass is 9.88. The molecule has 6 heteroatoms. The maximum absolute atomic E-state index is 13.6. The van der Waals surface area contributed by atoms with Gasteiger partial charge in [-0.3, -0.25) is 4.79 Å². The topological polar surface area (TPSA) is 55.9 Å². The monoisotopic (exact) mass is 420 g/mol. The molecule has 0 bridgehead atoms. The lowest BCUT2D eigenvalue weighted by molar-refractivity contribution is -0.135. The van der Waals surface area contributed by atoms with E-state index in [-0.39, 0.29) is 23.8 Å². The summed E-state index contributed by atoms with van der Waals surface area (Å²) in [7, 11) is 0. The largest absolute Gasteiger partial charge is 0.368 e. The zero-order valence-electron chi connectivity index (χ0n) is 18.5. The lowest BCUT2D eigenvalue weighted by Gasteiger charge is -2.38. The number of likely N-dealkylation sites (tertiary alicyclic amines) is 1. The molecule has 164 valence electrons. The summed E-state index contributed by atoms with van der Waals surface area (Å²) in [4.78, 5) is 32.2. The highest BCUT2D eigenvalue weighted by Gasteiger charge is 2.42. The molecule has 0 aromatic heterocycles. The Morgan fingerprint density at radius 2 is 1.58 bits per heavy atom. The number of anilines is 1. The van der Waals surface area contributed by atoms with Crippen molar-refractivity contribution in [3.8, 4) is 0 Å². The smallest absolute Gasteiger partial charge is 0.317 e. The van der Waals surface area contributed by atoms with Crippen LogP contribution in [0.5, 0.6) is 0 Å². The van der Waals surface area contributed by atoms with Gasteiger partial charge < -0.3 is 20.0 Å². The molecule has 4 rings (SSSR count). The van der Waals surface area contributed by atoms with Gasteiger partial charge in [0, 0.05) is 57.4 Å². The molecule has 2 saturated heterocycles. The highest BCUT2D eigenvalue weighted by atomic mass is 16.2. The summed E-state index contributed by atoms with van der Waals surface area (Å²) in [5.41, 5.74) is 3.64. The third kappa shape index (κ3) is 4.53. The van der Waals surface area contributed by atoms with Gasteiger partial charge in [0.15, 0.2) is 0 Å². The summed E-state index contributed by atoms with van der Waals surface area (Å²) in [5.74, 6) is 0.00538. The van der Waals surface area contributed by atoms with Crippen molar-refractivity contribution < 1.29 is 9.59 Å². The van der Waals surface area contributed by atoms with Gasteiger partial charge >= 0.3 is 6.03 Å². The van der Waals surface area contributed by atoms with E-state index in [9.17, 15) is 9.59 Å². The summed E-state index contributed by atoms with van der Waals surface area (Å²) in [6.07, 6.45) is 0. The first-order chi connectivity index (χ1) is 15.1. The number of rotatable bonds is 4. The van der Waals surface area contributed by atoms with E-state index in [1.54, 1.807) is 4.90 Å². The highest BCUT2D eigenvalue weighted by Crippen LogP contribution is 2.34. The Morgan fingerprint density at radius 3 is 2.26 bits per heavy atom. The second-order valence-corrected chi connectivity index (χ2v) is 8.46.